The zero-order valence-electron chi connectivity index (χ0n) is 12.6. The number of carbonyl (C=O) groups is 1. The van der Waals surface area contributed by atoms with Gasteiger partial charge in [0.15, 0.2) is 0 Å². The zero-order valence-corrected chi connectivity index (χ0v) is 12.6. The normalized spacial score (nSPS) is 13.0. The largest absolute Gasteiger partial charge is 0.469 e. The Morgan fingerprint density at radius 1 is 1.30 bits per heavy atom. The molecule has 0 aliphatic heterocycles. The molecule has 4 nitrogen and oxygen atoms in total. The number of benzene rings is 1. The zero-order chi connectivity index (χ0) is 15.0. The summed E-state index contributed by atoms with van der Waals surface area (Å²) in [7, 11) is 1.40. The first-order valence-electron chi connectivity index (χ1n) is 7.11. The maximum atomic E-state index is 12.0. The third-order valence-electron chi connectivity index (χ3n) is 4.03. The fourth-order valence-electron chi connectivity index (χ4n) is 2.26. The molecular formula is C16H25NO3. The van der Waals surface area contributed by atoms with Gasteiger partial charge in [0.1, 0.15) is 0 Å². The summed E-state index contributed by atoms with van der Waals surface area (Å²) in [5, 5.41) is 12.9. The van der Waals surface area contributed by atoms with E-state index in [1.807, 2.05) is 44.2 Å². The lowest BCUT2D eigenvalue weighted by molar-refractivity contribution is -0.142. The number of ether oxygens (including phenoxy) is 1. The van der Waals surface area contributed by atoms with Crippen LogP contribution in [0.5, 0.6) is 0 Å². The summed E-state index contributed by atoms with van der Waals surface area (Å²) < 4.78 is 4.89. The SMILES string of the molecule is CCC(CC)(CO)NCC(C(=O)OC)c1ccccc1. The van der Waals surface area contributed by atoms with Gasteiger partial charge in [-0.25, -0.2) is 0 Å². The molecule has 1 unspecified atom stereocenters. The molecule has 0 amide bonds. The molecule has 1 aromatic rings. The monoisotopic (exact) mass is 279 g/mol. The second kappa shape index (κ2) is 8.02. The molecule has 2 N–H and O–H groups in total. The topological polar surface area (TPSA) is 58.6 Å². The van der Waals surface area contributed by atoms with Gasteiger partial charge in [0.05, 0.1) is 19.6 Å². The first-order valence-corrected chi connectivity index (χ1v) is 7.11. The predicted octanol–water partition coefficient (Wildman–Crippen LogP) is 2.08. The number of carbonyl (C=O) groups excluding carboxylic acids is 1. The Labute approximate surface area is 121 Å². The Kier molecular flexibility index (Phi) is 6.68. The van der Waals surface area contributed by atoms with Crippen LogP contribution in [0.25, 0.3) is 0 Å². The van der Waals surface area contributed by atoms with Gasteiger partial charge in [-0.15, -0.1) is 0 Å². The third-order valence-corrected chi connectivity index (χ3v) is 4.03. The van der Waals surface area contributed by atoms with Gasteiger partial charge in [0, 0.05) is 12.1 Å². The van der Waals surface area contributed by atoms with Gasteiger partial charge in [-0.3, -0.25) is 4.79 Å². The summed E-state index contributed by atoms with van der Waals surface area (Å²) in [5.41, 5.74) is 0.590. The molecule has 0 aliphatic rings. The fourth-order valence-corrected chi connectivity index (χ4v) is 2.26. The van der Waals surface area contributed by atoms with Crippen LogP contribution in [0.2, 0.25) is 0 Å². The molecule has 0 saturated carbocycles. The Hall–Kier alpha value is -1.39. The first kappa shape index (κ1) is 16.7. The van der Waals surface area contributed by atoms with E-state index in [0.717, 1.165) is 18.4 Å². The second-order valence-corrected chi connectivity index (χ2v) is 5.01. The van der Waals surface area contributed by atoms with Crippen LogP contribution in [0.1, 0.15) is 38.2 Å². The van der Waals surface area contributed by atoms with Gasteiger partial charge in [-0.05, 0) is 18.4 Å². The number of hydrogen-bond acceptors (Lipinski definition) is 4. The van der Waals surface area contributed by atoms with Crippen LogP contribution in [-0.2, 0) is 9.53 Å². The minimum absolute atomic E-state index is 0.0582. The standard InChI is InChI=1S/C16H25NO3/c1-4-16(5-2,12-18)17-11-14(15(19)20-3)13-9-7-6-8-10-13/h6-10,14,17-18H,4-5,11-12H2,1-3H3. The number of rotatable bonds is 8. The van der Waals surface area contributed by atoms with Crippen LogP contribution in [0.4, 0.5) is 0 Å². The molecule has 20 heavy (non-hydrogen) atoms. The number of nitrogens with one attached hydrogen (secondary N) is 1. The van der Waals surface area contributed by atoms with E-state index in [4.69, 9.17) is 4.74 Å². The van der Waals surface area contributed by atoms with Crippen LogP contribution < -0.4 is 5.32 Å². The average molecular weight is 279 g/mol. The highest BCUT2D eigenvalue weighted by Gasteiger charge is 2.28. The number of esters is 1. The highest BCUT2D eigenvalue weighted by molar-refractivity contribution is 5.78. The van der Waals surface area contributed by atoms with Gasteiger partial charge in [0.2, 0.25) is 0 Å². The fraction of sp³-hybridized carbons (Fsp3) is 0.562. The highest BCUT2D eigenvalue weighted by Crippen LogP contribution is 2.20. The van der Waals surface area contributed by atoms with Gasteiger partial charge >= 0.3 is 5.97 Å². The van der Waals surface area contributed by atoms with Crippen molar-refractivity contribution >= 4 is 5.97 Å². The summed E-state index contributed by atoms with van der Waals surface area (Å²) in [4.78, 5) is 12.0. The van der Waals surface area contributed by atoms with Gasteiger partial charge in [0.25, 0.3) is 0 Å². The van der Waals surface area contributed by atoms with Crippen molar-refractivity contribution in [2.75, 3.05) is 20.3 Å². The molecule has 1 rings (SSSR count). The van der Waals surface area contributed by atoms with E-state index in [1.54, 1.807) is 0 Å². The summed E-state index contributed by atoms with van der Waals surface area (Å²) >= 11 is 0. The van der Waals surface area contributed by atoms with Gasteiger partial charge < -0.3 is 15.2 Å². The molecule has 0 aromatic heterocycles. The van der Waals surface area contributed by atoms with Gasteiger partial charge in [-0.1, -0.05) is 44.2 Å². The van der Waals surface area contributed by atoms with Crippen LogP contribution in [0.3, 0.4) is 0 Å². The number of methoxy groups -OCH3 is 1. The van der Waals surface area contributed by atoms with E-state index >= 15 is 0 Å². The smallest absolute Gasteiger partial charge is 0.314 e. The summed E-state index contributed by atoms with van der Waals surface area (Å²) in [6.07, 6.45) is 1.62. The number of hydrogen-bond donors (Lipinski definition) is 2. The number of aliphatic hydroxyl groups is 1. The van der Waals surface area contributed by atoms with E-state index in [1.165, 1.54) is 7.11 Å². The molecular weight excluding hydrogens is 254 g/mol. The Bertz CT molecular complexity index is 393. The molecule has 112 valence electrons. The van der Waals surface area contributed by atoms with Crippen molar-refractivity contribution in [1.29, 1.82) is 0 Å². The van der Waals surface area contributed by atoms with E-state index < -0.39 is 0 Å². The Balaban J connectivity index is 2.84. The molecule has 0 spiro atoms. The number of aliphatic hydroxyl groups excluding tert-OH is 1. The lowest BCUT2D eigenvalue weighted by Crippen LogP contribution is -2.49. The highest BCUT2D eigenvalue weighted by atomic mass is 16.5. The van der Waals surface area contributed by atoms with Crippen molar-refractivity contribution in [3.63, 3.8) is 0 Å². The quantitative estimate of drug-likeness (QED) is 0.715. The van der Waals surface area contributed by atoms with Crippen molar-refractivity contribution in [3.8, 4) is 0 Å². The van der Waals surface area contributed by atoms with E-state index in [0.29, 0.717) is 6.54 Å². The van der Waals surface area contributed by atoms with Crippen molar-refractivity contribution in [3.05, 3.63) is 35.9 Å². The minimum atomic E-state index is -0.356. The van der Waals surface area contributed by atoms with Gasteiger partial charge in [-0.2, -0.15) is 0 Å². The molecule has 0 aliphatic carbocycles. The van der Waals surface area contributed by atoms with Crippen molar-refractivity contribution in [1.82, 2.24) is 5.32 Å². The van der Waals surface area contributed by atoms with Crippen molar-refractivity contribution in [2.24, 2.45) is 0 Å². The lowest BCUT2D eigenvalue weighted by atomic mass is 9.91. The Morgan fingerprint density at radius 2 is 1.90 bits per heavy atom. The third kappa shape index (κ3) is 4.05. The maximum Gasteiger partial charge on any atom is 0.314 e. The lowest BCUT2D eigenvalue weighted by Gasteiger charge is -2.32. The second-order valence-electron chi connectivity index (χ2n) is 5.01. The van der Waals surface area contributed by atoms with E-state index in [2.05, 4.69) is 5.32 Å². The average Bonchev–Trinajstić information content (AvgIpc) is 2.52. The molecule has 0 radical (unpaired) electrons. The molecule has 1 aromatic carbocycles. The van der Waals surface area contributed by atoms with Crippen molar-refractivity contribution in [2.45, 2.75) is 38.1 Å². The molecule has 4 heteroatoms. The summed E-state index contributed by atoms with van der Waals surface area (Å²) in [5.74, 6) is -0.618. The molecule has 0 fully saturated rings. The maximum absolute atomic E-state index is 12.0. The molecule has 0 saturated heterocycles. The van der Waals surface area contributed by atoms with Crippen LogP contribution in [0, 0.1) is 0 Å². The van der Waals surface area contributed by atoms with Crippen molar-refractivity contribution < 1.29 is 14.6 Å². The minimum Gasteiger partial charge on any atom is -0.469 e. The van der Waals surface area contributed by atoms with Crippen LogP contribution >= 0.6 is 0 Å². The van der Waals surface area contributed by atoms with E-state index in [9.17, 15) is 9.90 Å². The van der Waals surface area contributed by atoms with Crippen LogP contribution in [0.15, 0.2) is 30.3 Å². The van der Waals surface area contributed by atoms with E-state index in [-0.39, 0.29) is 24.0 Å². The predicted molar refractivity (Wildman–Crippen MR) is 79.6 cm³/mol. The Morgan fingerprint density at radius 3 is 2.35 bits per heavy atom. The molecule has 1 atom stereocenters. The first-order chi connectivity index (χ1) is 9.62. The summed E-state index contributed by atoms with van der Waals surface area (Å²) in [6.45, 7) is 4.58. The van der Waals surface area contributed by atoms with Crippen LogP contribution in [-0.4, -0.2) is 36.9 Å². The molecule has 0 bridgehead atoms. The molecule has 0 heterocycles. The summed E-state index contributed by atoms with van der Waals surface area (Å²) in [6, 6.07) is 9.57.